The summed E-state index contributed by atoms with van der Waals surface area (Å²) in [6.07, 6.45) is 5.49. The summed E-state index contributed by atoms with van der Waals surface area (Å²) >= 11 is 0. The number of aliphatic hydroxyl groups is 1. The van der Waals surface area contributed by atoms with Crippen molar-refractivity contribution in [3.8, 4) is 0 Å². The van der Waals surface area contributed by atoms with Gasteiger partial charge in [0.15, 0.2) is 0 Å². The number of aliphatic hydroxyl groups excluding tert-OH is 1. The minimum atomic E-state index is -3.50. The molecule has 0 aliphatic rings. The van der Waals surface area contributed by atoms with Crippen LogP contribution >= 0.6 is 0 Å². The molecule has 2 N–H and O–H groups in total. The Balaban J connectivity index is 2.49. The SMILES string of the molecule is CC(Cn1ccnc1)NS(=O)(=O)N(C)CCCO. The smallest absolute Gasteiger partial charge is 0.279 e. The molecule has 0 spiro atoms. The second-order valence-electron chi connectivity index (χ2n) is 4.18. The maximum atomic E-state index is 11.9. The number of nitrogens with zero attached hydrogens (tertiary/aromatic N) is 3. The molecule has 0 fully saturated rings. The van der Waals surface area contributed by atoms with E-state index < -0.39 is 10.2 Å². The van der Waals surface area contributed by atoms with Crippen LogP contribution < -0.4 is 4.72 Å². The van der Waals surface area contributed by atoms with Gasteiger partial charge in [0.2, 0.25) is 0 Å². The maximum absolute atomic E-state index is 11.9. The van der Waals surface area contributed by atoms with Crippen molar-refractivity contribution in [2.24, 2.45) is 0 Å². The molecule has 1 heterocycles. The molecule has 0 saturated carbocycles. The van der Waals surface area contributed by atoms with Gasteiger partial charge in [0, 0.05) is 45.2 Å². The molecule has 1 atom stereocenters. The Hall–Kier alpha value is -0.960. The molecule has 0 radical (unpaired) electrons. The first kappa shape index (κ1) is 15.1. The van der Waals surface area contributed by atoms with Gasteiger partial charge in [-0.15, -0.1) is 0 Å². The maximum Gasteiger partial charge on any atom is 0.279 e. The Morgan fingerprint density at radius 2 is 2.28 bits per heavy atom. The Bertz CT molecular complexity index is 432. The van der Waals surface area contributed by atoms with Crippen molar-refractivity contribution in [3.63, 3.8) is 0 Å². The van der Waals surface area contributed by atoms with Crippen LogP contribution in [-0.2, 0) is 16.8 Å². The molecule has 0 amide bonds. The zero-order valence-corrected chi connectivity index (χ0v) is 11.5. The van der Waals surface area contributed by atoms with E-state index in [1.807, 2.05) is 0 Å². The third kappa shape index (κ3) is 4.73. The van der Waals surface area contributed by atoms with Gasteiger partial charge in [0.1, 0.15) is 0 Å². The predicted octanol–water partition coefficient (Wildman–Crippen LogP) is -0.580. The van der Waals surface area contributed by atoms with Gasteiger partial charge in [0.05, 0.1) is 6.33 Å². The molecule has 18 heavy (non-hydrogen) atoms. The Morgan fingerprint density at radius 3 is 2.83 bits per heavy atom. The Kier molecular flexibility index (Phi) is 5.73. The molecule has 104 valence electrons. The molecule has 0 aromatic carbocycles. The molecule has 8 heteroatoms. The fraction of sp³-hybridized carbons (Fsp3) is 0.700. The lowest BCUT2D eigenvalue weighted by Gasteiger charge is -2.21. The lowest BCUT2D eigenvalue weighted by molar-refractivity contribution is 0.275. The van der Waals surface area contributed by atoms with Crippen LogP contribution in [0.5, 0.6) is 0 Å². The van der Waals surface area contributed by atoms with Crippen LogP contribution in [0.25, 0.3) is 0 Å². The van der Waals surface area contributed by atoms with Gasteiger partial charge < -0.3 is 9.67 Å². The van der Waals surface area contributed by atoms with Gasteiger partial charge in [-0.25, -0.2) is 4.98 Å². The molecule has 7 nitrogen and oxygen atoms in total. The second kappa shape index (κ2) is 6.83. The number of imidazole rings is 1. The van der Waals surface area contributed by atoms with Crippen LogP contribution in [0.2, 0.25) is 0 Å². The molecule has 0 bridgehead atoms. The fourth-order valence-electron chi connectivity index (χ4n) is 1.51. The summed E-state index contributed by atoms with van der Waals surface area (Å²) < 4.78 is 29.3. The van der Waals surface area contributed by atoms with Gasteiger partial charge in [-0.2, -0.15) is 17.4 Å². The van der Waals surface area contributed by atoms with Crippen LogP contribution in [0, 0.1) is 0 Å². The minimum Gasteiger partial charge on any atom is -0.396 e. The lowest BCUT2D eigenvalue weighted by Crippen LogP contribution is -2.44. The second-order valence-corrected chi connectivity index (χ2v) is 5.99. The van der Waals surface area contributed by atoms with Crippen molar-refractivity contribution >= 4 is 10.2 Å². The first-order chi connectivity index (χ1) is 8.45. The summed E-state index contributed by atoms with van der Waals surface area (Å²) in [6.45, 7) is 2.58. The number of rotatable bonds is 8. The van der Waals surface area contributed by atoms with E-state index in [9.17, 15) is 8.42 Å². The molecule has 0 aliphatic carbocycles. The summed E-state index contributed by atoms with van der Waals surface area (Å²) in [5.41, 5.74) is 0. The average molecular weight is 276 g/mol. The topological polar surface area (TPSA) is 87.5 Å². The number of hydrogen-bond acceptors (Lipinski definition) is 4. The van der Waals surface area contributed by atoms with Gasteiger partial charge in [-0.3, -0.25) is 0 Å². The van der Waals surface area contributed by atoms with Crippen molar-refractivity contribution in [2.45, 2.75) is 25.9 Å². The molecule has 1 rings (SSSR count). The van der Waals surface area contributed by atoms with E-state index in [1.165, 1.54) is 11.4 Å². The van der Waals surface area contributed by atoms with E-state index in [-0.39, 0.29) is 12.6 Å². The molecular weight excluding hydrogens is 256 g/mol. The van der Waals surface area contributed by atoms with E-state index in [0.29, 0.717) is 19.5 Å². The third-order valence-electron chi connectivity index (χ3n) is 2.44. The van der Waals surface area contributed by atoms with E-state index in [0.717, 1.165) is 0 Å². The van der Waals surface area contributed by atoms with E-state index in [2.05, 4.69) is 9.71 Å². The lowest BCUT2D eigenvalue weighted by atomic mass is 10.4. The van der Waals surface area contributed by atoms with Crippen molar-refractivity contribution in [3.05, 3.63) is 18.7 Å². The highest BCUT2D eigenvalue weighted by Crippen LogP contribution is 1.99. The summed E-state index contributed by atoms with van der Waals surface area (Å²) in [7, 11) is -2.01. The standard InChI is InChI=1S/C10H20N4O3S/c1-10(8-14-6-4-11-9-14)12-18(16,17)13(2)5-3-7-15/h4,6,9-10,12,15H,3,5,7-8H2,1-2H3. The fourth-order valence-corrected chi connectivity index (χ4v) is 2.64. The van der Waals surface area contributed by atoms with Gasteiger partial charge >= 0.3 is 0 Å². The van der Waals surface area contributed by atoms with Crippen LogP contribution in [0.15, 0.2) is 18.7 Å². The molecule has 1 aromatic rings. The van der Waals surface area contributed by atoms with Crippen molar-refractivity contribution in [1.29, 1.82) is 0 Å². The average Bonchev–Trinajstić information content (AvgIpc) is 2.77. The highest BCUT2D eigenvalue weighted by Gasteiger charge is 2.19. The highest BCUT2D eigenvalue weighted by molar-refractivity contribution is 7.87. The summed E-state index contributed by atoms with van der Waals surface area (Å²) in [6, 6.07) is -0.235. The van der Waals surface area contributed by atoms with Gasteiger partial charge in [-0.05, 0) is 13.3 Å². The summed E-state index contributed by atoms with van der Waals surface area (Å²) in [5, 5.41) is 8.68. The largest absolute Gasteiger partial charge is 0.396 e. The molecule has 0 saturated heterocycles. The normalized spacial score (nSPS) is 14.0. The summed E-state index contributed by atoms with van der Waals surface area (Å²) in [5.74, 6) is 0. The van der Waals surface area contributed by atoms with Gasteiger partial charge in [-0.1, -0.05) is 0 Å². The van der Waals surface area contributed by atoms with Crippen LogP contribution in [0.1, 0.15) is 13.3 Å². The predicted molar refractivity (Wildman–Crippen MR) is 68.1 cm³/mol. The van der Waals surface area contributed by atoms with Crippen molar-refractivity contribution < 1.29 is 13.5 Å². The van der Waals surface area contributed by atoms with Gasteiger partial charge in [0.25, 0.3) is 10.2 Å². The zero-order valence-electron chi connectivity index (χ0n) is 10.7. The number of aromatic nitrogens is 2. The Morgan fingerprint density at radius 1 is 1.56 bits per heavy atom. The highest BCUT2D eigenvalue weighted by atomic mass is 32.2. The molecule has 0 aliphatic heterocycles. The van der Waals surface area contributed by atoms with Crippen molar-refractivity contribution in [1.82, 2.24) is 18.6 Å². The molecule has 1 aromatic heterocycles. The van der Waals surface area contributed by atoms with E-state index in [1.54, 1.807) is 30.2 Å². The zero-order chi connectivity index (χ0) is 13.6. The minimum absolute atomic E-state index is 0.0234. The van der Waals surface area contributed by atoms with Crippen molar-refractivity contribution in [2.75, 3.05) is 20.2 Å². The van der Waals surface area contributed by atoms with E-state index >= 15 is 0 Å². The van der Waals surface area contributed by atoms with Crippen LogP contribution in [0.3, 0.4) is 0 Å². The summed E-state index contributed by atoms with van der Waals surface area (Å²) in [4.78, 5) is 3.89. The monoisotopic (exact) mass is 276 g/mol. The van der Waals surface area contributed by atoms with Crippen LogP contribution in [0.4, 0.5) is 0 Å². The first-order valence-corrected chi connectivity index (χ1v) is 7.20. The first-order valence-electron chi connectivity index (χ1n) is 5.76. The Labute approximate surface area is 108 Å². The molecule has 1 unspecified atom stereocenters. The third-order valence-corrected chi connectivity index (χ3v) is 4.14. The number of nitrogens with one attached hydrogen (secondary N) is 1. The van der Waals surface area contributed by atoms with E-state index in [4.69, 9.17) is 5.11 Å². The number of hydrogen-bond donors (Lipinski definition) is 2. The quantitative estimate of drug-likeness (QED) is 0.665. The van der Waals surface area contributed by atoms with Crippen LogP contribution in [-0.4, -0.2) is 53.6 Å². The molecular formula is C10H20N4O3S.